The molecule has 0 heterocycles. The van der Waals surface area contributed by atoms with Crippen molar-refractivity contribution in [2.24, 2.45) is 10.7 Å². The molecule has 0 aromatic heterocycles. The summed E-state index contributed by atoms with van der Waals surface area (Å²) in [6, 6.07) is 0. The molecule has 0 atom stereocenters. The number of nitrogens with two attached hydrogens (primary N) is 1. The summed E-state index contributed by atoms with van der Waals surface area (Å²) in [7, 11) is 0. The van der Waals surface area contributed by atoms with E-state index in [0.29, 0.717) is 0 Å². The molecule has 0 saturated carbocycles. The number of hydrogen-bond acceptors (Lipinski definition) is 3. The minimum absolute atomic E-state index is 0.0712. The van der Waals surface area contributed by atoms with E-state index in [2.05, 4.69) is 11.6 Å². The minimum Gasteiger partial charge on any atom is -0.478 e. The molecule has 0 aliphatic rings. The number of rotatable bonds is 3. The van der Waals surface area contributed by atoms with Crippen molar-refractivity contribution in [2.75, 3.05) is 0 Å². The maximum Gasteiger partial charge on any atom is 0.336 e. The van der Waals surface area contributed by atoms with Gasteiger partial charge in [0, 0.05) is 18.6 Å². The topological polar surface area (TPSA) is 75.7 Å². The minimum atomic E-state index is -1.09. The van der Waals surface area contributed by atoms with Crippen molar-refractivity contribution in [3.63, 3.8) is 0 Å². The van der Waals surface area contributed by atoms with Gasteiger partial charge >= 0.3 is 5.97 Å². The van der Waals surface area contributed by atoms with Crippen molar-refractivity contribution >= 4 is 12.2 Å². The Morgan fingerprint density at radius 1 is 1.70 bits per heavy atom. The van der Waals surface area contributed by atoms with E-state index >= 15 is 0 Å². The second kappa shape index (κ2) is 4.31. The molecule has 0 spiro atoms. The van der Waals surface area contributed by atoms with Crippen molar-refractivity contribution in [1.82, 2.24) is 0 Å². The first-order chi connectivity index (χ1) is 4.68. The predicted octanol–water partition coefficient (Wildman–Crippen LogP) is 0.128. The van der Waals surface area contributed by atoms with E-state index in [1.54, 1.807) is 0 Å². The van der Waals surface area contributed by atoms with Gasteiger partial charge in [0.2, 0.25) is 0 Å². The summed E-state index contributed by atoms with van der Waals surface area (Å²) in [5.41, 5.74) is 4.85. The Morgan fingerprint density at radius 3 is 2.70 bits per heavy atom. The number of nitrogens with zero attached hydrogens (tertiary/aromatic N) is 1. The van der Waals surface area contributed by atoms with Crippen LogP contribution in [-0.4, -0.2) is 17.3 Å². The number of aliphatic imine (C=N–C) groups is 1. The Bertz CT molecular complexity index is 194. The first kappa shape index (κ1) is 8.42. The number of carboxylic acid groups (broad SMARTS) is 1. The Balaban J connectivity index is 3.90. The SMILES string of the molecule is C=C(C=N/C=C\N)C(=O)O. The van der Waals surface area contributed by atoms with Crippen LogP contribution in [0.3, 0.4) is 0 Å². The van der Waals surface area contributed by atoms with Crippen LogP contribution in [0.1, 0.15) is 0 Å². The third-order valence-corrected chi connectivity index (χ3v) is 0.677. The van der Waals surface area contributed by atoms with Crippen molar-refractivity contribution in [3.05, 3.63) is 24.6 Å². The maximum atomic E-state index is 10.0. The number of hydrogen-bond donors (Lipinski definition) is 2. The molecule has 0 radical (unpaired) electrons. The van der Waals surface area contributed by atoms with Crippen LogP contribution < -0.4 is 5.73 Å². The van der Waals surface area contributed by atoms with E-state index < -0.39 is 5.97 Å². The highest BCUT2D eigenvalue weighted by Crippen LogP contribution is 1.83. The smallest absolute Gasteiger partial charge is 0.336 e. The molecule has 54 valence electrons. The quantitative estimate of drug-likeness (QED) is 0.432. The van der Waals surface area contributed by atoms with Crippen LogP contribution in [0.5, 0.6) is 0 Å². The van der Waals surface area contributed by atoms with E-state index in [9.17, 15) is 4.79 Å². The summed E-state index contributed by atoms with van der Waals surface area (Å²) >= 11 is 0. The monoisotopic (exact) mass is 140 g/mol. The zero-order valence-corrected chi connectivity index (χ0v) is 5.32. The van der Waals surface area contributed by atoms with Gasteiger partial charge in [-0.3, -0.25) is 4.99 Å². The van der Waals surface area contributed by atoms with Gasteiger partial charge in [-0.1, -0.05) is 6.58 Å². The van der Waals surface area contributed by atoms with Gasteiger partial charge in [-0.15, -0.1) is 0 Å². The summed E-state index contributed by atoms with van der Waals surface area (Å²) in [6.45, 7) is 3.20. The summed E-state index contributed by atoms with van der Waals surface area (Å²) in [4.78, 5) is 13.5. The number of aliphatic carboxylic acids is 1. The zero-order chi connectivity index (χ0) is 7.98. The highest BCUT2D eigenvalue weighted by Gasteiger charge is 1.96. The number of carboxylic acids is 1. The second-order valence-corrected chi connectivity index (χ2v) is 1.45. The number of carbonyl (C=O) groups is 1. The van der Waals surface area contributed by atoms with E-state index in [4.69, 9.17) is 10.8 Å². The van der Waals surface area contributed by atoms with Crippen molar-refractivity contribution in [2.45, 2.75) is 0 Å². The molecule has 0 unspecified atom stereocenters. The molecule has 0 bridgehead atoms. The normalized spacial score (nSPS) is 10.8. The van der Waals surface area contributed by atoms with E-state index in [0.717, 1.165) is 6.21 Å². The third kappa shape index (κ3) is 3.43. The lowest BCUT2D eigenvalue weighted by Crippen LogP contribution is -1.98. The highest BCUT2D eigenvalue weighted by atomic mass is 16.4. The maximum absolute atomic E-state index is 10.0. The molecule has 0 saturated heterocycles. The van der Waals surface area contributed by atoms with Crippen LogP contribution in [0.25, 0.3) is 0 Å². The van der Waals surface area contributed by atoms with Gasteiger partial charge in [-0.2, -0.15) is 0 Å². The lowest BCUT2D eigenvalue weighted by Gasteiger charge is -1.84. The highest BCUT2D eigenvalue weighted by molar-refractivity contribution is 6.07. The average molecular weight is 140 g/mol. The molecule has 3 N–H and O–H groups in total. The van der Waals surface area contributed by atoms with Crippen molar-refractivity contribution in [3.8, 4) is 0 Å². The molecular formula is C6H8N2O2. The molecule has 10 heavy (non-hydrogen) atoms. The Kier molecular flexibility index (Phi) is 3.63. The van der Waals surface area contributed by atoms with Gasteiger partial charge < -0.3 is 10.8 Å². The summed E-state index contributed by atoms with van der Waals surface area (Å²) in [5.74, 6) is -1.09. The summed E-state index contributed by atoms with van der Waals surface area (Å²) < 4.78 is 0. The standard InChI is InChI=1S/C6H8N2O2/c1-5(6(9)10)4-8-3-2-7/h2-4H,1,7H2,(H,9,10)/b3-2-,8-4?. The fraction of sp³-hybridized carbons (Fsp3) is 0. The first-order valence-corrected chi connectivity index (χ1v) is 2.50. The Hall–Kier alpha value is -1.58. The van der Waals surface area contributed by atoms with Gasteiger partial charge in [0.25, 0.3) is 0 Å². The van der Waals surface area contributed by atoms with E-state index in [1.165, 1.54) is 12.4 Å². The van der Waals surface area contributed by atoms with Crippen LogP contribution in [0, 0.1) is 0 Å². The largest absolute Gasteiger partial charge is 0.478 e. The molecule has 0 aliphatic heterocycles. The van der Waals surface area contributed by atoms with Gasteiger partial charge in [-0.25, -0.2) is 4.79 Å². The fourth-order valence-corrected chi connectivity index (χ4v) is 0.238. The van der Waals surface area contributed by atoms with E-state index in [1.807, 2.05) is 0 Å². The fourth-order valence-electron chi connectivity index (χ4n) is 0.238. The van der Waals surface area contributed by atoms with Crippen LogP contribution in [0.2, 0.25) is 0 Å². The zero-order valence-electron chi connectivity index (χ0n) is 5.32. The van der Waals surface area contributed by atoms with Crippen LogP contribution >= 0.6 is 0 Å². The van der Waals surface area contributed by atoms with Gasteiger partial charge in [0.15, 0.2) is 0 Å². The summed E-state index contributed by atoms with van der Waals surface area (Å²) in [6.07, 6.45) is 3.59. The van der Waals surface area contributed by atoms with Crippen LogP contribution in [0.4, 0.5) is 0 Å². The molecule has 0 rings (SSSR count). The predicted molar refractivity (Wildman–Crippen MR) is 38.6 cm³/mol. The molecule has 0 fully saturated rings. The van der Waals surface area contributed by atoms with Gasteiger partial charge in [-0.05, 0) is 0 Å². The average Bonchev–Trinajstić information content (AvgIpc) is 1.88. The van der Waals surface area contributed by atoms with Gasteiger partial charge in [0.05, 0.1) is 5.57 Å². The van der Waals surface area contributed by atoms with Crippen molar-refractivity contribution in [1.29, 1.82) is 0 Å². The summed E-state index contributed by atoms with van der Waals surface area (Å²) in [5, 5.41) is 8.24. The molecular weight excluding hydrogens is 132 g/mol. The second-order valence-electron chi connectivity index (χ2n) is 1.45. The Labute approximate surface area is 58.4 Å². The molecule has 0 aromatic rings. The van der Waals surface area contributed by atoms with E-state index in [-0.39, 0.29) is 5.57 Å². The van der Waals surface area contributed by atoms with Gasteiger partial charge in [0.1, 0.15) is 0 Å². The Morgan fingerprint density at radius 2 is 2.30 bits per heavy atom. The molecule has 0 amide bonds. The molecule has 4 heteroatoms. The molecule has 4 nitrogen and oxygen atoms in total. The third-order valence-electron chi connectivity index (χ3n) is 0.677. The lowest BCUT2D eigenvalue weighted by atomic mass is 10.3. The first-order valence-electron chi connectivity index (χ1n) is 2.50. The van der Waals surface area contributed by atoms with Crippen LogP contribution in [0.15, 0.2) is 29.5 Å². The molecule has 0 aromatic carbocycles. The van der Waals surface area contributed by atoms with Crippen LogP contribution in [-0.2, 0) is 4.79 Å². The lowest BCUT2D eigenvalue weighted by molar-refractivity contribution is -0.131. The molecule has 0 aliphatic carbocycles. The van der Waals surface area contributed by atoms with Crippen molar-refractivity contribution < 1.29 is 9.90 Å².